The maximum atomic E-state index is 12.5. The lowest BCUT2D eigenvalue weighted by atomic mass is 10.2. The summed E-state index contributed by atoms with van der Waals surface area (Å²) in [7, 11) is 0. The Balaban J connectivity index is 1.86. The molecular weight excluding hydrogens is 258 g/mol. The number of para-hydroxylation sites is 2. The Kier molecular flexibility index (Phi) is 3.46. The number of amides is 1. The second-order valence-corrected chi connectivity index (χ2v) is 5.98. The third-order valence-electron chi connectivity index (χ3n) is 3.58. The van der Waals surface area contributed by atoms with Gasteiger partial charge < -0.3 is 9.47 Å². The molecule has 1 aromatic carbocycles. The van der Waals surface area contributed by atoms with Crippen LogP contribution >= 0.6 is 11.8 Å². The molecule has 0 radical (unpaired) electrons. The monoisotopic (exact) mass is 275 g/mol. The number of nitrogens with zero attached hydrogens (tertiary/aromatic N) is 3. The van der Waals surface area contributed by atoms with Gasteiger partial charge in [0.15, 0.2) is 0 Å². The Bertz CT molecular complexity index is 589. The highest BCUT2D eigenvalue weighted by atomic mass is 32.2. The van der Waals surface area contributed by atoms with Gasteiger partial charge in [0.2, 0.25) is 5.91 Å². The first kappa shape index (κ1) is 12.5. The van der Waals surface area contributed by atoms with Crippen molar-refractivity contribution in [2.75, 3.05) is 24.6 Å². The summed E-state index contributed by atoms with van der Waals surface area (Å²) in [6.07, 6.45) is 1.77. The zero-order chi connectivity index (χ0) is 13.2. The van der Waals surface area contributed by atoms with E-state index >= 15 is 0 Å². The van der Waals surface area contributed by atoms with Crippen LogP contribution in [0.2, 0.25) is 0 Å². The molecule has 1 fully saturated rings. The van der Waals surface area contributed by atoms with Crippen LogP contribution in [0, 0.1) is 0 Å². The summed E-state index contributed by atoms with van der Waals surface area (Å²) in [6.45, 7) is 3.68. The standard InChI is InChI=1S/C14H17N3OS/c1-11(14(18)16-6-8-19-9-7-16)17-10-15-12-4-2-3-5-13(12)17/h2-5,10-11H,6-9H2,1H3/t11-/m1/s1. The van der Waals surface area contributed by atoms with Crippen molar-refractivity contribution < 1.29 is 4.79 Å². The maximum Gasteiger partial charge on any atom is 0.245 e. The molecule has 0 aliphatic carbocycles. The van der Waals surface area contributed by atoms with Crippen molar-refractivity contribution >= 4 is 28.7 Å². The van der Waals surface area contributed by atoms with Gasteiger partial charge in [-0.2, -0.15) is 11.8 Å². The van der Waals surface area contributed by atoms with Gasteiger partial charge in [-0.15, -0.1) is 0 Å². The molecule has 1 amide bonds. The molecule has 1 saturated heterocycles. The Labute approximate surface area is 116 Å². The SMILES string of the molecule is C[C@H](C(=O)N1CCSCC1)n1cnc2ccccc21. The molecule has 0 spiro atoms. The van der Waals surface area contributed by atoms with Crippen LogP contribution < -0.4 is 0 Å². The summed E-state index contributed by atoms with van der Waals surface area (Å²) in [5, 5.41) is 0. The summed E-state index contributed by atoms with van der Waals surface area (Å²) >= 11 is 1.91. The lowest BCUT2D eigenvalue weighted by molar-refractivity contribution is -0.133. The Hall–Kier alpha value is -1.49. The molecule has 5 heteroatoms. The van der Waals surface area contributed by atoms with Gasteiger partial charge in [-0.05, 0) is 19.1 Å². The highest BCUT2D eigenvalue weighted by Gasteiger charge is 2.24. The number of aromatic nitrogens is 2. The minimum absolute atomic E-state index is 0.185. The molecule has 1 atom stereocenters. The van der Waals surface area contributed by atoms with Gasteiger partial charge in [-0.25, -0.2) is 4.98 Å². The van der Waals surface area contributed by atoms with Gasteiger partial charge in [0, 0.05) is 24.6 Å². The predicted octanol–water partition coefficient (Wildman–Crippen LogP) is 2.17. The quantitative estimate of drug-likeness (QED) is 0.843. The number of fused-ring (bicyclic) bond motifs is 1. The number of carbonyl (C=O) groups excluding carboxylic acids is 1. The Morgan fingerprint density at radius 2 is 2.05 bits per heavy atom. The van der Waals surface area contributed by atoms with E-state index in [1.54, 1.807) is 6.33 Å². The second-order valence-electron chi connectivity index (χ2n) is 4.75. The molecule has 19 heavy (non-hydrogen) atoms. The normalized spacial score (nSPS) is 17.6. The van der Waals surface area contributed by atoms with E-state index in [0.29, 0.717) is 0 Å². The number of rotatable bonds is 2. The fraction of sp³-hybridized carbons (Fsp3) is 0.429. The molecule has 3 rings (SSSR count). The van der Waals surface area contributed by atoms with E-state index in [1.807, 2.05) is 52.4 Å². The molecule has 100 valence electrons. The fourth-order valence-corrected chi connectivity index (χ4v) is 3.36. The van der Waals surface area contributed by atoms with Crippen molar-refractivity contribution in [3.05, 3.63) is 30.6 Å². The van der Waals surface area contributed by atoms with Crippen LogP contribution in [0.4, 0.5) is 0 Å². The number of thioether (sulfide) groups is 1. The summed E-state index contributed by atoms with van der Waals surface area (Å²) < 4.78 is 1.97. The van der Waals surface area contributed by atoms with Crippen molar-refractivity contribution in [2.24, 2.45) is 0 Å². The van der Waals surface area contributed by atoms with Gasteiger partial charge in [0.05, 0.1) is 17.4 Å². The fourth-order valence-electron chi connectivity index (χ4n) is 2.45. The van der Waals surface area contributed by atoms with E-state index in [1.165, 1.54) is 0 Å². The Morgan fingerprint density at radius 3 is 2.84 bits per heavy atom. The topological polar surface area (TPSA) is 38.1 Å². The van der Waals surface area contributed by atoms with Crippen molar-refractivity contribution in [3.8, 4) is 0 Å². The van der Waals surface area contributed by atoms with E-state index in [0.717, 1.165) is 35.6 Å². The first-order chi connectivity index (χ1) is 9.27. The predicted molar refractivity (Wildman–Crippen MR) is 78.3 cm³/mol. The largest absolute Gasteiger partial charge is 0.339 e. The summed E-state index contributed by atoms with van der Waals surface area (Å²) in [6, 6.07) is 7.75. The average molecular weight is 275 g/mol. The van der Waals surface area contributed by atoms with E-state index < -0.39 is 0 Å². The third kappa shape index (κ3) is 2.34. The molecule has 1 aliphatic heterocycles. The van der Waals surface area contributed by atoms with Gasteiger partial charge in [0.25, 0.3) is 0 Å². The van der Waals surface area contributed by atoms with Crippen molar-refractivity contribution in [1.29, 1.82) is 0 Å². The van der Waals surface area contributed by atoms with Crippen LogP contribution in [0.1, 0.15) is 13.0 Å². The number of carbonyl (C=O) groups is 1. The van der Waals surface area contributed by atoms with Crippen molar-refractivity contribution in [3.63, 3.8) is 0 Å². The molecule has 0 unspecified atom stereocenters. The first-order valence-corrected chi connectivity index (χ1v) is 7.71. The van der Waals surface area contributed by atoms with Crippen molar-refractivity contribution in [2.45, 2.75) is 13.0 Å². The minimum Gasteiger partial charge on any atom is -0.339 e. The summed E-state index contributed by atoms with van der Waals surface area (Å²) in [5.41, 5.74) is 1.96. The van der Waals surface area contributed by atoms with E-state index in [4.69, 9.17) is 0 Å². The smallest absolute Gasteiger partial charge is 0.245 e. The zero-order valence-corrected chi connectivity index (χ0v) is 11.8. The third-order valence-corrected chi connectivity index (χ3v) is 4.52. The van der Waals surface area contributed by atoms with Crippen LogP contribution in [-0.2, 0) is 4.79 Å². The number of hydrogen-bond acceptors (Lipinski definition) is 3. The van der Waals surface area contributed by atoms with Gasteiger partial charge >= 0.3 is 0 Å². The van der Waals surface area contributed by atoms with Crippen LogP contribution in [0.3, 0.4) is 0 Å². The average Bonchev–Trinajstić information content (AvgIpc) is 2.90. The lowest BCUT2D eigenvalue weighted by Crippen LogP contribution is -2.41. The Morgan fingerprint density at radius 1 is 1.32 bits per heavy atom. The molecule has 2 heterocycles. The molecule has 2 aromatic rings. The summed E-state index contributed by atoms with van der Waals surface area (Å²) in [5.74, 6) is 2.29. The molecule has 0 bridgehead atoms. The molecule has 0 saturated carbocycles. The number of hydrogen-bond donors (Lipinski definition) is 0. The highest BCUT2D eigenvalue weighted by molar-refractivity contribution is 7.99. The molecule has 0 N–H and O–H groups in total. The van der Waals surface area contributed by atoms with Crippen LogP contribution in [0.5, 0.6) is 0 Å². The molecule has 4 nitrogen and oxygen atoms in total. The van der Waals surface area contributed by atoms with E-state index in [2.05, 4.69) is 4.98 Å². The lowest BCUT2D eigenvalue weighted by Gasteiger charge is -2.29. The number of imidazole rings is 1. The highest BCUT2D eigenvalue weighted by Crippen LogP contribution is 2.20. The van der Waals surface area contributed by atoms with Crippen molar-refractivity contribution in [1.82, 2.24) is 14.5 Å². The van der Waals surface area contributed by atoms with Gasteiger partial charge in [0.1, 0.15) is 6.04 Å². The van der Waals surface area contributed by atoms with Crippen LogP contribution in [0.25, 0.3) is 11.0 Å². The van der Waals surface area contributed by atoms with E-state index in [-0.39, 0.29) is 11.9 Å². The maximum absolute atomic E-state index is 12.5. The van der Waals surface area contributed by atoms with Gasteiger partial charge in [-0.3, -0.25) is 4.79 Å². The van der Waals surface area contributed by atoms with Crippen LogP contribution in [0.15, 0.2) is 30.6 Å². The van der Waals surface area contributed by atoms with Crippen LogP contribution in [-0.4, -0.2) is 45.0 Å². The molecular formula is C14H17N3OS. The van der Waals surface area contributed by atoms with E-state index in [9.17, 15) is 4.79 Å². The number of benzene rings is 1. The summed E-state index contributed by atoms with van der Waals surface area (Å²) in [4.78, 5) is 18.8. The van der Waals surface area contributed by atoms with Gasteiger partial charge in [-0.1, -0.05) is 12.1 Å². The second kappa shape index (κ2) is 5.25. The first-order valence-electron chi connectivity index (χ1n) is 6.55. The molecule has 1 aromatic heterocycles. The molecule has 1 aliphatic rings. The minimum atomic E-state index is -0.185. The zero-order valence-electron chi connectivity index (χ0n) is 11.0.